The Bertz CT molecular complexity index is 2770. The molecule has 0 aliphatic rings. The highest BCUT2D eigenvalue weighted by Gasteiger charge is 2.20. The van der Waals surface area contributed by atoms with Gasteiger partial charge in [0, 0.05) is 39.0 Å². The van der Waals surface area contributed by atoms with Gasteiger partial charge in [0.1, 0.15) is 5.82 Å². The van der Waals surface area contributed by atoms with E-state index in [1.165, 1.54) is 54.8 Å². The van der Waals surface area contributed by atoms with Crippen molar-refractivity contribution in [2.24, 2.45) is 0 Å². The fourth-order valence-corrected chi connectivity index (χ4v) is 7.70. The van der Waals surface area contributed by atoms with Crippen LogP contribution < -0.4 is 0 Å². The number of hydrogen-bond acceptors (Lipinski definition) is 1. The average molecular weight is 638 g/mol. The Kier molecular flexibility index (Phi) is 6.49. The summed E-state index contributed by atoms with van der Waals surface area (Å²) in [6.07, 6.45) is 2.02. The standard InChI is InChI=1S/C47H31N3/c1-4-14-32(15-5-1)35-28-36(33-16-6-2-7-17-33)30-37(29-35)34-24-27-45(48-31-34)50-42-23-13-11-21-40(42)47-44(50)26-25-43-46(47)39-20-10-12-22-41(39)49(43)38-18-8-3-9-19-38/h1-31H. The maximum Gasteiger partial charge on any atom is 0.137 e. The van der Waals surface area contributed by atoms with Crippen LogP contribution >= 0.6 is 0 Å². The first-order valence-corrected chi connectivity index (χ1v) is 17.1. The molecule has 234 valence electrons. The highest BCUT2D eigenvalue weighted by molar-refractivity contribution is 6.28. The molecule has 0 aliphatic carbocycles. The van der Waals surface area contributed by atoms with Gasteiger partial charge in [-0.2, -0.15) is 0 Å². The van der Waals surface area contributed by atoms with E-state index < -0.39 is 0 Å². The lowest BCUT2D eigenvalue weighted by Crippen LogP contribution is -1.97. The lowest BCUT2D eigenvalue weighted by atomic mass is 9.94. The molecule has 10 rings (SSSR count). The van der Waals surface area contributed by atoms with E-state index in [1.54, 1.807) is 0 Å². The largest absolute Gasteiger partial charge is 0.309 e. The topological polar surface area (TPSA) is 22.8 Å². The fourth-order valence-electron chi connectivity index (χ4n) is 7.70. The van der Waals surface area contributed by atoms with Gasteiger partial charge in [-0.25, -0.2) is 4.98 Å². The first-order valence-electron chi connectivity index (χ1n) is 17.1. The van der Waals surface area contributed by atoms with Gasteiger partial charge in [-0.1, -0.05) is 115 Å². The molecule has 3 heteroatoms. The molecule has 3 heterocycles. The van der Waals surface area contributed by atoms with Gasteiger partial charge in [0.05, 0.1) is 22.1 Å². The van der Waals surface area contributed by atoms with Crippen LogP contribution in [0.4, 0.5) is 0 Å². The van der Waals surface area contributed by atoms with E-state index in [0.29, 0.717) is 0 Å². The maximum absolute atomic E-state index is 5.16. The highest BCUT2D eigenvalue weighted by atomic mass is 15.1. The van der Waals surface area contributed by atoms with Gasteiger partial charge in [-0.15, -0.1) is 0 Å². The minimum atomic E-state index is 0.897. The summed E-state index contributed by atoms with van der Waals surface area (Å²) in [4.78, 5) is 5.16. The zero-order valence-electron chi connectivity index (χ0n) is 27.2. The van der Waals surface area contributed by atoms with E-state index >= 15 is 0 Å². The summed E-state index contributed by atoms with van der Waals surface area (Å²) in [5.41, 5.74) is 12.8. The van der Waals surface area contributed by atoms with Gasteiger partial charge in [-0.3, -0.25) is 4.57 Å². The molecule has 3 nitrogen and oxygen atoms in total. The Morgan fingerprint density at radius 2 is 0.780 bits per heavy atom. The number of fused-ring (bicyclic) bond motifs is 7. The SMILES string of the molecule is c1ccc(-c2cc(-c3ccccc3)cc(-c3ccc(-n4c5ccccc5c5c6c7ccccc7n(-c7ccccc7)c6ccc54)nc3)c2)cc1. The van der Waals surface area contributed by atoms with Gasteiger partial charge < -0.3 is 4.57 Å². The van der Waals surface area contributed by atoms with Crippen molar-refractivity contribution >= 4 is 43.6 Å². The first-order chi connectivity index (χ1) is 24.8. The second kappa shape index (κ2) is 11.5. The molecular formula is C47H31N3. The summed E-state index contributed by atoms with van der Waals surface area (Å²) in [7, 11) is 0. The van der Waals surface area contributed by atoms with E-state index in [2.05, 4.69) is 191 Å². The van der Waals surface area contributed by atoms with Crippen LogP contribution in [0.25, 0.3) is 88.5 Å². The Labute approximate surface area is 290 Å². The molecule has 50 heavy (non-hydrogen) atoms. The second-order valence-corrected chi connectivity index (χ2v) is 12.8. The van der Waals surface area contributed by atoms with E-state index in [-0.39, 0.29) is 0 Å². The molecule has 10 aromatic rings. The number of rotatable bonds is 5. The highest BCUT2D eigenvalue weighted by Crippen LogP contribution is 2.42. The van der Waals surface area contributed by atoms with Gasteiger partial charge in [0.2, 0.25) is 0 Å². The van der Waals surface area contributed by atoms with Crippen molar-refractivity contribution in [3.63, 3.8) is 0 Å². The third kappa shape index (κ3) is 4.48. The molecule has 0 spiro atoms. The Morgan fingerprint density at radius 1 is 0.320 bits per heavy atom. The van der Waals surface area contributed by atoms with Gasteiger partial charge in [0.25, 0.3) is 0 Å². The summed E-state index contributed by atoms with van der Waals surface area (Å²) in [6, 6.07) is 65.1. The summed E-state index contributed by atoms with van der Waals surface area (Å²) >= 11 is 0. The van der Waals surface area contributed by atoms with Crippen LogP contribution in [0.5, 0.6) is 0 Å². The molecule has 0 aliphatic heterocycles. The monoisotopic (exact) mass is 637 g/mol. The molecule has 0 radical (unpaired) electrons. The van der Waals surface area contributed by atoms with Crippen molar-refractivity contribution in [3.8, 4) is 44.9 Å². The lowest BCUT2D eigenvalue weighted by molar-refractivity contribution is 1.08. The van der Waals surface area contributed by atoms with Crippen LogP contribution in [0.3, 0.4) is 0 Å². The zero-order chi connectivity index (χ0) is 33.0. The number of para-hydroxylation sites is 3. The maximum atomic E-state index is 5.16. The molecule has 0 saturated heterocycles. The number of pyridine rings is 1. The van der Waals surface area contributed by atoms with Crippen LogP contribution in [-0.4, -0.2) is 14.1 Å². The number of benzene rings is 7. The van der Waals surface area contributed by atoms with E-state index in [9.17, 15) is 0 Å². The Hall–Kier alpha value is -6.71. The number of hydrogen-bond donors (Lipinski definition) is 0. The smallest absolute Gasteiger partial charge is 0.137 e. The predicted molar refractivity (Wildman–Crippen MR) is 209 cm³/mol. The third-order valence-electron chi connectivity index (χ3n) is 9.94. The second-order valence-electron chi connectivity index (χ2n) is 12.8. The minimum Gasteiger partial charge on any atom is -0.309 e. The molecule has 0 bridgehead atoms. The quantitative estimate of drug-likeness (QED) is 0.184. The van der Waals surface area contributed by atoms with Crippen molar-refractivity contribution in [1.29, 1.82) is 0 Å². The minimum absolute atomic E-state index is 0.897. The van der Waals surface area contributed by atoms with Crippen LogP contribution in [0, 0.1) is 0 Å². The fraction of sp³-hybridized carbons (Fsp3) is 0. The third-order valence-corrected chi connectivity index (χ3v) is 9.94. The summed E-state index contributed by atoms with van der Waals surface area (Å²) < 4.78 is 4.70. The Balaban J connectivity index is 1.16. The zero-order valence-corrected chi connectivity index (χ0v) is 27.2. The van der Waals surface area contributed by atoms with Crippen molar-refractivity contribution in [2.45, 2.75) is 0 Å². The van der Waals surface area contributed by atoms with E-state index in [1.807, 2.05) is 6.20 Å². The van der Waals surface area contributed by atoms with Crippen LogP contribution in [-0.2, 0) is 0 Å². The van der Waals surface area contributed by atoms with Gasteiger partial charge >= 0.3 is 0 Å². The first kappa shape index (κ1) is 28.3. The van der Waals surface area contributed by atoms with Crippen molar-refractivity contribution in [1.82, 2.24) is 14.1 Å². The average Bonchev–Trinajstić information content (AvgIpc) is 3.72. The predicted octanol–water partition coefficient (Wildman–Crippen LogP) is 12.3. The molecule has 0 unspecified atom stereocenters. The van der Waals surface area contributed by atoms with Gasteiger partial charge in [0.15, 0.2) is 0 Å². The van der Waals surface area contributed by atoms with Crippen LogP contribution in [0.1, 0.15) is 0 Å². The normalized spacial score (nSPS) is 11.6. The molecule has 3 aromatic heterocycles. The molecule has 0 atom stereocenters. The van der Waals surface area contributed by atoms with E-state index in [0.717, 1.165) is 33.7 Å². The van der Waals surface area contributed by atoms with Crippen LogP contribution in [0.15, 0.2) is 188 Å². The van der Waals surface area contributed by atoms with Crippen molar-refractivity contribution < 1.29 is 0 Å². The molecule has 7 aromatic carbocycles. The lowest BCUT2D eigenvalue weighted by Gasteiger charge is -2.12. The summed E-state index contributed by atoms with van der Waals surface area (Å²) in [5.74, 6) is 0.897. The molecular weight excluding hydrogens is 607 g/mol. The van der Waals surface area contributed by atoms with Crippen LogP contribution in [0.2, 0.25) is 0 Å². The summed E-state index contributed by atoms with van der Waals surface area (Å²) in [5, 5.41) is 4.98. The van der Waals surface area contributed by atoms with Gasteiger partial charge in [-0.05, 0) is 94.5 Å². The molecule has 0 amide bonds. The van der Waals surface area contributed by atoms with E-state index in [4.69, 9.17) is 4.98 Å². The van der Waals surface area contributed by atoms with Crippen molar-refractivity contribution in [3.05, 3.63) is 188 Å². The summed E-state index contributed by atoms with van der Waals surface area (Å²) in [6.45, 7) is 0. The van der Waals surface area contributed by atoms with Crippen molar-refractivity contribution in [2.75, 3.05) is 0 Å². The number of nitrogens with zero attached hydrogens (tertiary/aromatic N) is 3. The molecule has 0 N–H and O–H groups in total. The number of aromatic nitrogens is 3. The molecule has 0 saturated carbocycles. The Morgan fingerprint density at radius 3 is 1.32 bits per heavy atom. The molecule has 0 fully saturated rings.